The summed E-state index contributed by atoms with van der Waals surface area (Å²) < 4.78 is 9.07. The van der Waals surface area contributed by atoms with Gasteiger partial charge in [0, 0.05) is 5.69 Å². The van der Waals surface area contributed by atoms with Crippen LogP contribution in [-0.4, -0.2) is 26.2 Å². The molecule has 0 spiro atoms. The number of anilines is 1. The average molecular weight is 223 g/mol. The van der Waals surface area contributed by atoms with Crippen LogP contribution in [0.1, 0.15) is 15.9 Å². The fourth-order valence-electron chi connectivity index (χ4n) is 1.23. The molecule has 1 rings (SSSR count). The zero-order chi connectivity index (χ0) is 12.1. The molecule has 0 atom stereocenters. The lowest BCUT2D eigenvalue weighted by Crippen LogP contribution is -2.08. The Morgan fingerprint density at radius 2 is 1.94 bits per heavy atom. The van der Waals surface area contributed by atoms with Crippen LogP contribution in [0.25, 0.3) is 0 Å². The lowest BCUT2D eigenvalue weighted by molar-refractivity contribution is -0.139. The van der Waals surface area contributed by atoms with Crippen LogP contribution < -0.4 is 5.73 Å². The van der Waals surface area contributed by atoms with E-state index in [1.807, 2.05) is 0 Å². The quantitative estimate of drug-likeness (QED) is 0.604. The van der Waals surface area contributed by atoms with E-state index < -0.39 is 5.97 Å². The molecule has 16 heavy (non-hydrogen) atoms. The Morgan fingerprint density at radius 1 is 1.25 bits per heavy atom. The fraction of sp³-hybridized carbons (Fsp3) is 0.273. The number of benzene rings is 1. The molecular weight excluding hydrogens is 210 g/mol. The Bertz CT molecular complexity index is 414. The minimum absolute atomic E-state index is 0.0871. The summed E-state index contributed by atoms with van der Waals surface area (Å²) in [7, 11) is 2.60. The third kappa shape index (κ3) is 2.73. The van der Waals surface area contributed by atoms with Crippen LogP contribution >= 0.6 is 0 Å². The smallest absolute Gasteiger partial charge is 0.337 e. The average Bonchev–Trinajstić information content (AvgIpc) is 2.30. The van der Waals surface area contributed by atoms with Crippen LogP contribution in [0, 0.1) is 0 Å². The molecule has 86 valence electrons. The van der Waals surface area contributed by atoms with Gasteiger partial charge in [0.1, 0.15) is 0 Å². The second-order valence-electron chi connectivity index (χ2n) is 3.16. The predicted octanol–water partition coefficient (Wildman–Crippen LogP) is 0.771. The fourth-order valence-corrected chi connectivity index (χ4v) is 1.23. The van der Waals surface area contributed by atoms with E-state index in [-0.39, 0.29) is 12.4 Å². The molecule has 0 radical (unpaired) electrons. The summed E-state index contributed by atoms with van der Waals surface area (Å²) in [4.78, 5) is 22.2. The highest BCUT2D eigenvalue weighted by atomic mass is 16.5. The first-order chi connectivity index (χ1) is 7.58. The van der Waals surface area contributed by atoms with Gasteiger partial charge in [-0.15, -0.1) is 0 Å². The number of nitrogen functional groups attached to an aromatic ring is 1. The molecule has 0 amide bonds. The lowest BCUT2D eigenvalue weighted by Gasteiger charge is -2.06. The molecule has 5 nitrogen and oxygen atoms in total. The van der Waals surface area contributed by atoms with E-state index in [4.69, 9.17) is 5.73 Å². The molecule has 2 N–H and O–H groups in total. The highest BCUT2D eigenvalue weighted by Crippen LogP contribution is 2.16. The first-order valence-electron chi connectivity index (χ1n) is 4.62. The minimum atomic E-state index is -0.462. The number of esters is 2. The third-order valence-electron chi connectivity index (χ3n) is 2.13. The molecule has 0 aliphatic rings. The standard InChI is InChI=1S/C11H13NO4/c1-15-10(13)6-7-3-4-8(5-9(7)12)11(14)16-2/h3-5H,6,12H2,1-2H3. The Hall–Kier alpha value is -2.04. The number of nitrogens with two attached hydrogens (primary N) is 1. The monoisotopic (exact) mass is 223 g/mol. The van der Waals surface area contributed by atoms with Gasteiger partial charge in [0.2, 0.25) is 0 Å². The Kier molecular flexibility index (Phi) is 3.88. The second-order valence-corrected chi connectivity index (χ2v) is 3.16. The number of rotatable bonds is 3. The van der Waals surface area contributed by atoms with Gasteiger partial charge in [0.05, 0.1) is 26.2 Å². The van der Waals surface area contributed by atoms with Gasteiger partial charge in [-0.25, -0.2) is 4.79 Å². The SMILES string of the molecule is COC(=O)Cc1ccc(C(=O)OC)cc1N. The van der Waals surface area contributed by atoms with Crippen LogP contribution in [0.3, 0.4) is 0 Å². The lowest BCUT2D eigenvalue weighted by atomic mass is 10.1. The van der Waals surface area contributed by atoms with Crippen molar-refractivity contribution in [1.82, 2.24) is 0 Å². The summed E-state index contributed by atoms with van der Waals surface area (Å²) in [6, 6.07) is 4.64. The highest BCUT2D eigenvalue weighted by Gasteiger charge is 2.10. The molecule has 1 aromatic carbocycles. The molecule has 0 bridgehead atoms. The summed E-state index contributed by atoms with van der Waals surface area (Å²) in [5.41, 5.74) is 7.05. The number of hydrogen-bond acceptors (Lipinski definition) is 5. The molecule has 0 aliphatic carbocycles. The zero-order valence-electron chi connectivity index (χ0n) is 9.15. The molecule has 0 aliphatic heterocycles. The van der Waals surface area contributed by atoms with E-state index in [2.05, 4.69) is 9.47 Å². The molecule has 0 aromatic heterocycles. The topological polar surface area (TPSA) is 78.6 Å². The largest absolute Gasteiger partial charge is 0.469 e. The van der Waals surface area contributed by atoms with Crippen molar-refractivity contribution in [2.75, 3.05) is 20.0 Å². The molecule has 5 heteroatoms. The molecule has 1 aromatic rings. The maximum Gasteiger partial charge on any atom is 0.337 e. The maximum atomic E-state index is 11.2. The predicted molar refractivity (Wildman–Crippen MR) is 57.9 cm³/mol. The van der Waals surface area contributed by atoms with Gasteiger partial charge in [-0.1, -0.05) is 6.07 Å². The molecule has 0 heterocycles. The van der Waals surface area contributed by atoms with Crippen LogP contribution in [0.4, 0.5) is 5.69 Å². The van der Waals surface area contributed by atoms with Crippen molar-refractivity contribution in [3.63, 3.8) is 0 Å². The molecule has 0 fully saturated rings. The summed E-state index contributed by atoms with van der Waals surface area (Å²) in [6.45, 7) is 0. The van der Waals surface area contributed by atoms with E-state index in [0.717, 1.165) is 0 Å². The van der Waals surface area contributed by atoms with Crippen molar-refractivity contribution < 1.29 is 19.1 Å². The van der Waals surface area contributed by atoms with Crippen LogP contribution in [0.5, 0.6) is 0 Å². The van der Waals surface area contributed by atoms with E-state index in [1.54, 1.807) is 12.1 Å². The van der Waals surface area contributed by atoms with E-state index in [9.17, 15) is 9.59 Å². The van der Waals surface area contributed by atoms with Crippen molar-refractivity contribution in [2.24, 2.45) is 0 Å². The van der Waals surface area contributed by atoms with Crippen molar-refractivity contribution in [2.45, 2.75) is 6.42 Å². The van der Waals surface area contributed by atoms with Crippen molar-refractivity contribution >= 4 is 17.6 Å². The van der Waals surface area contributed by atoms with E-state index >= 15 is 0 Å². The van der Waals surface area contributed by atoms with Gasteiger partial charge in [-0.05, 0) is 17.7 Å². The van der Waals surface area contributed by atoms with E-state index in [1.165, 1.54) is 20.3 Å². The van der Waals surface area contributed by atoms with Crippen LogP contribution in [-0.2, 0) is 20.7 Å². The first kappa shape index (κ1) is 12.0. The third-order valence-corrected chi connectivity index (χ3v) is 2.13. The second kappa shape index (κ2) is 5.16. The Balaban J connectivity index is 2.91. The number of methoxy groups -OCH3 is 2. The van der Waals surface area contributed by atoms with E-state index in [0.29, 0.717) is 16.8 Å². The normalized spacial score (nSPS) is 9.62. The minimum Gasteiger partial charge on any atom is -0.469 e. The van der Waals surface area contributed by atoms with Crippen molar-refractivity contribution in [3.8, 4) is 0 Å². The maximum absolute atomic E-state index is 11.2. The summed E-state index contributed by atoms with van der Waals surface area (Å²) in [5.74, 6) is -0.839. The number of carbonyl (C=O) groups excluding carboxylic acids is 2. The number of ether oxygens (including phenoxy) is 2. The van der Waals surface area contributed by atoms with Gasteiger partial charge in [-0.3, -0.25) is 4.79 Å². The van der Waals surface area contributed by atoms with Crippen molar-refractivity contribution in [1.29, 1.82) is 0 Å². The summed E-state index contributed by atoms with van der Waals surface area (Å²) in [5, 5.41) is 0. The molecule has 0 saturated carbocycles. The number of carbonyl (C=O) groups is 2. The van der Waals surface area contributed by atoms with Crippen LogP contribution in [0.15, 0.2) is 18.2 Å². The van der Waals surface area contributed by atoms with Gasteiger partial charge in [0.25, 0.3) is 0 Å². The van der Waals surface area contributed by atoms with Gasteiger partial charge in [0.15, 0.2) is 0 Å². The molecule has 0 unspecified atom stereocenters. The Morgan fingerprint density at radius 3 is 2.44 bits per heavy atom. The first-order valence-corrected chi connectivity index (χ1v) is 4.62. The van der Waals surface area contributed by atoms with Gasteiger partial charge >= 0.3 is 11.9 Å². The summed E-state index contributed by atoms with van der Waals surface area (Å²) >= 11 is 0. The van der Waals surface area contributed by atoms with Gasteiger partial charge < -0.3 is 15.2 Å². The zero-order valence-corrected chi connectivity index (χ0v) is 9.15. The molecular formula is C11H13NO4. The molecule has 0 saturated heterocycles. The Labute approximate surface area is 93.1 Å². The van der Waals surface area contributed by atoms with Crippen molar-refractivity contribution in [3.05, 3.63) is 29.3 Å². The van der Waals surface area contributed by atoms with Crippen LogP contribution in [0.2, 0.25) is 0 Å². The number of hydrogen-bond donors (Lipinski definition) is 1. The highest BCUT2D eigenvalue weighted by molar-refractivity contribution is 5.91. The summed E-state index contributed by atoms with van der Waals surface area (Å²) in [6.07, 6.45) is 0.0871. The van der Waals surface area contributed by atoms with Gasteiger partial charge in [-0.2, -0.15) is 0 Å².